The number of amides is 1. The Morgan fingerprint density at radius 3 is 2.46 bits per heavy atom. The van der Waals surface area contributed by atoms with Crippen LogP contribution in [0.25, 0.3) is 5.76 Å². The van der Waals surface area contributed by atoms with Crippen LogP contribution in [0.2, 0.25) is 0 Å². The van der Waals surface area contributed by atoms with Crippen molar-refractivity contribution in [2.75, 3.05) is 13.7 Å². The largest absolute Gasteiger partial charge is 0.507 e. The highest BCUT2D eigenvalue weighted by Crippen LogP contribution is 2.42. The van der Waals surface area contributed by atoms with Crippen LogP contribution in [0.15, 0.2) is 72.4 Å². The van der Waals surface area contributed by atoms with Crippen molar-refractivity contribution in [1.82, 2.24) is 9.88 Å². The summed E-state index contributed by atoms with van der Waals surface area (Å²) in [7, 11) is 1.60. The van der Waals surface area contributed by atoms with Gasteiger partial charge < -0.3 is 19.5 Å². The molecule has 1 amide bonds. The molecular formula is C32H36N2O5. The van der Waals surface area contributed by atoms with Gasteiger partial charge in [-0.3, -0.25) is 14.6 Å². The zero-order chi connectivity index (χ0) is 28.3. The van der Waals surface area contributed by atoms with Crippen molar-refractivity contribution in [3.63, 3.8) is 0 Å². The lowest BCUT2D eigenvalue weighted by Gasteiger charge is -2.26. The molecule has 0 spiro atoms. The molecule has 1 saturated heterocycles. The van der Waals surface area contributed by atoms with E-state index in [-0.39, 0.29) is 23.3 Å². The lowest BCUT2D eigenvalue weighted by atomic mass is 9.84. The lowest BCUT2D eigenvalue weighted by molar-refractivity contribution is -0.140. The second kappa shape index (κ2) is 11.3. The monoisotopic (exact) mass is 528 g/mol. The van der Waals surface area contributed by atoms with Crippen LogP contribution in [0.3, 0.4) is 0 Å². The van der Waals surface area contributed by atoms with Gasteiger partial charge in [0.25, 0.3) is 11.7 Å². The van der Waals surface area contributed by atoms with E-state index in [0.717, 1.165) is 5.56 Å². The number of benzene rings is 2. The van der Waals surface area contributed by atoms with Crippen molar-refractivity contribution in [3.05, 3.63) is 94.8 Å². The van der Waals surface area contributed by atoms with E-state index in [1.165, 1.54) is 4.90 Å². The minimum atomic E-state index is -0.824. The fraction of sp³-hybridized carbons (Fsp3) is 0.344. The second-order valence-corrected chi connectivity index (χ2v) is 11.2. The number of aliphatic hydroxyl groups excluding tert-OH is 1. The molecule has 4 rings (SSSR count). The number of carbonyl (C=O) groups excluding carboxylic acids is 2. The van der Waals surface area contributed by atoms with Crippen LogP contribution in [0, 0.1) is 5.92 Å². The number of Topliss-reactive ketones (excluding diaryl/α,β-unsaturated/α-hetero) is 1. The summed E-state index contributed by atoms with van der Waals surface area (Å²) < 4.78 is 11.5. The molecule has 7 heteroatoms. The van der Waals surface area contributed by atoms with E-state index in [0.29, 0.717) is 40.8 Å². The average molecular weight is 529 g/mol. The molecule has 1 atom stereocenters. The second-order valence-electron chi connectivity index (χ2n) is 11.2. The Balaban J connectivity index is 1.87. The highest BCUT2D eigenvalue weighted by molar-refractivity contribution is 6.46. The van der Waals surface area contributed by atoms with Crippen molar-refractivity contribution in [2.45, 2.75) is 52.6 Å². The molecule has 1 aliphatic heterocycles. The molecule has 1 fully saturated rings. The third kappa shape index (κ3) is 5.98. The number of nitrogens with zero attached hydrogens (tertiary/aromatic N) is 2. The molecule has 0 saturated carbocycles. The first-order chi connectivity index (χ1) is 18.5. The zero-order valence-corrected chi connectivity index (χ0v) is 23.4. The highest BCUT2D eigenvalue weighted by atomic mass is 16.5. The van der Waals surface area contributed by atoms with Gasteiger partial charge >= 0.3 is 0 Å². The summed E-state index contributed by atoms with van der Waals surface area (Å²) in [4.78, 5) is 32.8. The maximum atomic E-state index is 13.5. The van der Waals surface area contributed by atoms with Gasteiger partial charge in [0.1, 0.15) is 17.3 Å². The number of hydrogen-bond acceptors (Lipinski definition) is 6. The summed E-state index contributed by atoms with van der Waals surface area (Å²) in [6.07, 6.45) is 1.65. The van der Waals surface area contributed by atoms with E-state index in [1.54, 1.807) is 37.6 Å². The number of carbonyl (C=O) groups is 2. The number of aliphatic hydroxyl groups is 1. The van der Waals surface area contributed by atoms with Gasteiger partial charge in [-0.15, -0.1) is 0 Å². The van der Waals surface area contributed by atoms with Gasteiger partial charge in [-0.25, -0.2) is 0 Å². The molecule has 2 heterocycles. The molecule has 0 bridgehead atoms. The molecule has 1 N–H and O–H groups in total. The van der Waals surface area contributed by atoms with Gasteiger partial charge in [-0.05, 0) is 59.4 Å². The van der Waals surface area contributed by atoms with Crippen LogP contribution < -0.4 is 9.47 Å². The lowest BCUT2D eigenvalue weighted by Crippen LogP contribution is -2.29. The van der Waals surface area contributed by atoms with Crippen molar-refractivity contribution < 1.29 is 24.2 Å². The van der Waals surface area contributed by atoms with E-state index >= 15 is 0 Å². The standard InChI is InChI=1S/C32H36N2O5/c1-20(2)19-39-24-12-9-10-21(16-24)28-27(30(36)31(37)34(28)18-23-11-7-8-15-33-23)29(35)22-13-14-26(38-6)25(17-22)32(3,4)5/h7-17,20,28,35H,18-19H2,1-6H3/b29-27+. The third-order valence-corrected chi connectivity index (χ3v) is 6.64. The van der Waals surface area contributed by atoms with Gasteiger partial charge in [0, 0.05) is 17.3 Å². The molecule has 1 aromatic heterocycles. The van der Waals surface area contributed by atoms with Crippen LogP contribution in [0.5, 0.6) is 11.5 Å². The summed E-state index contributed by atoms with van der Waals surface area (Å²) in [5, 5.41) is 11.6. The van der Waals surface area contributed by atoms with Gasteiger partial charge in [-0.1, -0.05) is 52.8 Å². The third-order valence-electron chi connectivity index (χ3n) is 6.64. The fourth-order valence-corrected chi connectivity index (χ4v) is 4.69. The minimum Gasteiger partial charge on any atom is -0.507 e. The van der Waals surface area contributed by atoms with E-state index < -0.39 is 17.7 Å². The maximum Gasteiger partial charge on any atom is 0.296 e. The van der Waals surface area contributed by atoms with Crippen molar-refractivity contribution >= 4 is 17.4 Å². The number of likely N-dealkylation sites (tertiary alicyclic amines) is 1. The minimum absolute atomic E-state index is 0.0296. The predicted molar refractivity (Wildman–Crippen MR) is 151 cm³/mol. The number of ether oxygens (including phenoxy) is 2. The summed E-state index contributed by atoms with van der Waals surface area (Å²) in [6.45, 7) is 10.9. The van der Waals surface area contributed by atoms with Crippen LogP contribution >= 0.6 is 0 Å². The Morgan fingerprint density at radius 2 is 1.82 bits per heavy atom. The van der Waals surface area contributed by atoms with Crippen LogP contribution in [-0.2, 0) is 21.5 Å². The summed E-state index contributed by atoms with van der Waals surface area (Å²) in [5.74, 6) is -0.0235. The highest BCUT2D eigenvalue weighted by Gasteiger charge is 2.46. The molecule has 204 valence electrons. The molecule has 7 nitrogen and oxygen atoms in total. The Morgan fingerprint density at radius 1 is 1.05 bits per heavy atom. The zero-order valence-electron chi connectivity index (χ0n) is 23.4. The molecule has 2 aromatic carbocycles. The first kappa shape index (κ1) is 27.9. The Kier molecular flexibility index (Phi) is 8.09. The van der Waals surface area contributed by atoms with Crippen LogP contribution in [-0.4, -0.2) is 40.4 Å². The quantitative estimate of drug-likeness (QED) is 0.218. The topological polar surface area (TPSA) is 89.0 Å². The Hall–Kier alpha value is -4.13. The number of pyridine rings is 1. The molecule has 0 aliphatic carbocycles. The van der Waals surface area contributed by atoms with E-state index in [4.69, 9.17) is 9.47 Å². The van der Waals surface area contributed by atoms with E-state index in [9.17, 15) is 14.7 Å². The van der Waals surface area contributed by atoms with Gasteiger partial charge in [-0.2, -0.15) is 0 Å². The number of hydrogen-bond donors (Lipinski definition) is 1. The van der Waals surface area contributed by atoms with Crippen LogP contribution in [0.1, 0.15) is 63.0 Å². The molecule has 39 heavy (non-hydrogen) atoms. The Labute approximate surface area is 230 Å². The molecular weight excluding hydrogens is 492 g/mol. The van der Waals surface area contributed by atoms with Gasteiger partial charge in [0.2, 0.25) is 0 Å². The maximum absolute atomic E-state index is 13.5. The number of methoxy groups -OCH3 is 1. The van der Waals surface area contributed by atoms with Crippen molar-refractivity contribution in [1.29, 1.82) is 0 Å². The van der Waals surface area contributed by atoms with E-state index in [2.05, 4.69) is 18.8 Å². The SMILES string of the molecule is COc1ccc(/C(O)=C2\C(=O)C(=O)N(Cc3ccccn3)C2c2cccc(OCC(C)C)c2)cc1C(C)(C)C. The van der Waals surface area contributed by atoms with Crippen molar-refractivity contribution in [3.8, 4) is 11.5 Å². The van der Waals surface area contributed by atoms with Gasteiger partial charge in [0.05, 0.1) is 37.6 Å². The summed E-state index contributed by atoms with van der Waals surface area (Å²) >= 11 is 0. The fourth-order valence-electron chi connectivity index (χ4n) is 4.69. The summed E-state index contributed by atoms with van der Waals surface area (Å²) in [6, 6.07) is 17.2. The number of ketones is 1. The molecule has 0 radical (unpaired) electrons. The van der Waals surface area contributed by atoms with Gasteiger partial charge in [0.15, 0.2) is 0 Å². The van der Waals surface area contributed by atoms with Crippen molar-refractivity contribution in [2.24, 2.45) is 5.92 Å². The first-order valence-corrected chi connectivity index (χ1v) is 13.1. The first-order valence-electron chi connectivity index (χ1n) is 13.1. The predicted octanol–water partition coefficient (Wildman–Crippen LogP) is 6.04. The van der Waals surface area contributed by atoms with Crippen LogP contribution in [0.4, 0.5) is 0 Å². The number of aromatic nitrogens is 1. The summed E-state index contributed by atoms with van der Waals surface area (Å²) in [5.41, 5.74) is 2.36. The Bertz CT molecular complexity index is 1390. The molecule has 1 unspecified atom stereocenters. The average Bonchev–Trinajstić information content (AvgIpc) is 3.16. The molecule has 3 aromatic rings. The smallest absolute Gasteiger partial charge is 0.296 e. The number of rotatable bonds is 8. The van der Waals surface area contributed by atoms with E-state index in [1.807, 2.05) is 57.2 Å². The molecule has 1 aliphatic rings. The normalized spacial score (nSPS) is 17.1.